The summed E-state index contributed by atoms with van der Waals surface area (Å²) in [6, 6.07) is 1.38. The van der Waals surface area contributed by atoms with Gasteiger partial charge in [0.2, 0.25) is 0 Å². The maximum absolute atomic E-state index is 12.6. The highest BCUT2D eigenvalue weighted by molar-refractivity contribution is 5.43. The van der Waals surface area contributed by atoms with Gasteiger partial charge in [-0.15, -0.1) is 0 Å². The molecule has 1 nitrogen and oxygen atoms in total. The van der Waals surface area contributed by atoms with Crippen LogP contribution in [0.2, 0.25) is 0 Å². The summed E-state index contributed by atoms with van der Waals surface area (Å²) in [5.74, 6) is 0. The van der Waals surface area contributed by atoms with Gasteiger partial charge in [-0.1, -0.05) is 6.07 Å². The molecule has 2 N–H and O–H groups in total. The molecule has 1 aromatic carbocycles. The molecule has 0 heterocycles. The van der Waals surface area contributed by atoms with E-state index in [1.165, 1.54) is 0 Å². The first kappa shape index (κ1) is 13.8. The van der Waals surface area contributed by atoms with Crippen LogP contribution in [0.5, 0.6) is 0 Å². The number of benzene rings is 1. The van der Waals surface area contributed by atoms with Gasteiger partial charge in [0.1, 0.15) is 0 Å². The molecule has 1 rings (SSSR count). The number of hydrogen-bond acceptors (Lipinski definition) is 1. The Morgan fingerprint density at radius 2 is 1.53 bits per heavy atom. The van der Waals surface area contributed by atoms with Crippen LogP contribution in [0.4, 0.5) is 26.3 Å². The molecule has 1 aromatic rings. The SMILES string of the molecule is Cc1c(C(F)(F)F)ccc(CN)c1C(F)(F)F. The predicted molar refractivity (Wildman–Crippen MR) is 49.1 cm³/mol. The predicted octanol–water partition coefficient (Wildman–Crippen LogP) is 3.49. The van der Waals surface area contributed by atoms with Gasteiger partial charge in [-0.05, 0) is 24.1 Å². The smallest absolute Gasteiger partial charge is 0.326 e. The van der Waals surface area contributed by atoms with E-state index in [0.717, 1.165) is 13.0 Å². The lowest BCUT2D eigenvalue weighted by Crippen LogP contribution is -2.18. The van der Waals surface area contributed by atoms with Crippen LogP contribution in [-0.2, 0) is 18.9 Å². The molecule has 0 saturated carbocycles. The maximum Gasteiger partial charge on any atom is 0.416 e. The minimum Gasteiger partial charge on any atom is -0.326 e. The molecular formula is C10H9F6N. The monoisotopic (exact) mass is 257 g/mol. The summed E-state index contributed by atoms with van der Waals surface area (Å²) in [6.07, 6.45) is -9.66. The molecule has 0 aliphatic carbocycles. The lowest BCUT2D eigenvalue weighted by atomic mass is 9.96. The number of rotatable bonds is 1. The van der Waals surface area contributed by atoms with Crippen molar-refractivity contribution in [3.8, 4) is 0 Å². The van der Waals surface area contributed by atoms with Crippen molar-refractivity contribution in [1.29, 1.82) is 0 Å². The average molecular weight is 257 g/mol. The minimum absolute atomic E-state index is 0.344. The summed E-state index contributed by atoms with van der Waals surface area (Å²) >= 11 is 0. The van der Waals surface area contributed by atoms with E-state index in [0.29, 0.717) is 6.07 Å². The first-order valence-corrected chi connectivity index (χ1v) is 4.56. The van der Waals surface area contributed by atoms with Crippen LogP contribution < -0.4 is 5.73 Å². The molecule has 96 valence electrons. The van der Waals surface area contributed by atoms with Crippen molar-refractivity contribution >= 4 is 0 Å². The normalized spacial score (nSPS) is 12.9. The van der Waals surface area contributed by atoms with Gasteiger partial charge in [-0.2, -0.15) is 26.3 Å². The number of hydrogen-bond donors (Lipinski definition) is 1. The van der Waals surface area contributed by atoms with Crippen molar-refractivity contribution in [2.24, 2.45) is 5.73 Å². The molecule has 0 radical (unpaired) electrons. The van der Waals surface area contributed by atoms with E-state index in [4.69, 9.17) is 5.73 Å². The second-order valence-corrected chi connectivity index (χ2v) is 3.47. The maximum atomic E-state index is 12.6. The highest BCUT2D eigenvalue weighted by atomic mass is 19.4. The lowest BCUT2D eigenvalue weighted by molar-refractivity contribution is -0.144. The third-order valence-electron chi connectivity index (χ3n) is 2.36. The Morgan fingerprint density at radius 3 is 1.88 bits per heavy atom. The van der Waals surface area contributed by atoms with Crippen molar-refractivity contribution in [2.75, 3.05) is 0 Å². The van der Waals surface area contributed by atoms with Crippen molar-refractivity contribution in [1.82, 2.24) is 0 Å². The highest BCUT2D eigenvalue weighted by Gasteiger charge is 2.40. The Hall–Kier alpha value is -1.24. The molecule has 0 fully saturated rings. The van der Waals surface area contributed by atoms with Gasteiger partial charge in [-0.3, -0.25) is 0 Å². The van der Waals surface area contributed by atoms with E-state index < -0.39 is 35.6 Å². The third kappa shape index (κ3) is 2.71. The summed E-state index contributed by atoms with van der Waals surface area (Å²) < 4.78 is 75.3. The molecular weight excluding hydrogens is 248 g/mol. The van der Waals surface area contributed by atoms with Crippen LogP contribution in [0.15, 0.2) is 12.1 Å². The lowest BCUT2D eigenvalue weighted by Gasteiger charge is -2.19. The molecule has 0 saturated heterocycles. The molecule has 0 aliphatic rings. The fraction of sp³-hybridized carbons (Fsp3) is 0.400. The van der Waals surface area contributed by atoms with Gasteiger partial charge in [0, 0.05) is 6.54 Å². The Balaban J connectivity index is 3.55. The number of alkyl halides is 6. The molecule has 0 unspecified atom stereocenters. The van der Waals surface area contributed by atoms with E-state index in [9.17, 15) is 26.3 Å². The summed E-state index contributed by atoms with van der Waals surface area (Å²) in [7, 11) is 0. The van der Waals surface area contributed by atoms with Crippen molar-refractivity contribution in [3.63, 3.8) is 0 Å². The summed E-state index contributed by atoms with van der Waals surface area (Å²) in [5.41, 5.74) is 1.32. The molecule has 0 aromatic heterocycles. The Labute approximate surface area is 93.2 Å². The molecule has 0 bridgehead atoms. The largest absolute Gasteiger partial charge is 0.416 e. The summed E-state index contributed by atoms with van der Waals surface area (Å²) in [6.45, 7) is 0.332. The quantitative estimate of drug-likeness (QED) is 0.766. The fourth-order valence-electron chi connectivity index (χ4n) is 1.64. The van der Waals surface area contributed by atoms with E-state index in [1.54, 1.807) is 0 Å². The first-order valence-electron chi connectivity index (χ1n) is 4.56. The van der Waals surface area contributed by atoms with Crippen LogP contribution in [0.3, 0.4) is 0 Å². The van der Waals surface area contributed by atoms with Crippen LogP contribution in [0, 0.1) is 6.92 Å². The van der Waals surface area contributed by atoms with Crippen LogP contribution >= 0.6 is 0 Å². The van der Waals surface area contributed by atoms with Crippen LogP contribution in [0.25, 0.3) is 0 Å². The molecule has 0 spiro atoms. The highest BCUT2D eigenvalue weighted by Crippen LogP contribution is 2.40. The van der Waals surface area contributed by atoms with Gasteiger partial charge >= 0.3 is 12.4 Å². The van der Waals surface area contributed by atoms with Crippen molar-refractivity contribution in [3.05, 3.63) is 34.4 Å². The van der Waals surface area contributed by atoms with E-state index in [-0.39, 0.29) is 5.56 Å². The number of halogens is 6. The van der Waals surface area contributed by atoms with Gasteiger partial charge in [0.15, 0.2) is 0 Å². The Morgan fingerprint density at radius 1 is 1.00 bits per heavy atom. The average Bonchev–Trinajstić information content (AvgIpc) is 2.12. The van der Waals surface area contributed by atoms with Crippen molar-refractivity contribution in [2.45, 2.75) is 25.8 Å². The zero-order valence-corrected chi connectivity index (χ0v) is 8.71. The minimum atomic E-state index is -4.85. The Bertz CT molecular complexity index is 418. The van der Waals surface area contributed by atoms with Gasteiger partial charge in [0.05, 0.1) is 11.1 Å². The second-order valence-electron chi connectivity index (χ2n) is 3.47. The van der Waals surface area contributed by atoms with Gasteiger partial charge < -0.3 is 5.73 Å². The van der Waals surface area contributed by atoms with Gasteiger partial charge in [0.25, 0.3) is 0 Å². The van der Waals surface area contributed by atoms with Crippen LogP contribution in [0.1, 0.15) is 22.3 Å². The van der Waals surface area contributed by atoms with Crippen molar-refractivity contribution < 1.29 is 26.3 Å². The number of nitrogens with two attached hydrogens (primary N) is 1. The molecule has 0 atom stereocenters. The van der Waals surface area contributed by atoms with Crippen LogP contribution in [-0.4, -0.2) is 0 Å². The van der Waals surface area contributed by atoms with E-state index in [2.05, 4.69) is 0 Å². The summed E-state index contributed by atoms with van der Waals surface area (Å²) in [4.78, 5) is 0. The zero-order chi connectivity index (χ0) is 13.4. The molecule has 0 amide bonds. The zero-order valence-electron chi connectivity index (χ0n) is 8.71. The Kier molecular flexibility index (Phi) is 3.42. The fourth-order valence-corrected chi connectivity index (χ4v) is 1.64. The van der Waals surface area contributed by atoms with Gasteiger partial charge in [-0.25, -0.2) is 0 Å². The standard InChI is InChI=1S/C10H9F6N/c1-5-7(9(11,12)13)3-2-6(4-17)8(5)10(14,15)16/h2-3H,4,17H2,1H3. The second kappa shape index (κ2) is 4.21. The molecule has 7 heteroatoms. The topological polar surface area (TPSA) is 26.0 Å². The molecule has 17 heavy (non-hydrogen) atoms. The first-order chi connectivity index (χ1) is 7.59. The summed E-state index contributed by atoms with van der Waals surface area (Å²) in [5, 5.41) is 0. The van der Waals surface area contributed by atoms with E-state index in [1.807, 2.05) is 0 Å². The third-order valence-corrected chi connectivity index (χ3v) is 2.36. The van der Waals surface area contributed by atoms with E-state index >= 15 is 0 Å². The molecule has 0 aliphatic heterocycles.